The van der Waals surface area contributed by atoms with E-state index in [4.69, 9.17) is 9.47 Å². The van der Waals surface area contributed by atoms with Crippen LogP contribution in [-0.2, 0) is 30.5 Å². The molecule has 10 nitrogen and oxygen atoms in total. The van der Waals surface area contributed by atoms with Gasteiger partial charge in [-0.1, -0.05) is 42.5 Å². The highest BCUT2D eigenvalue weighted by Gasteiger charge is 2.36. The molecule has 2 aliphatic heterocycles. The van der Waals surface area contributed by atoms with Crippen LogP contribution in [0.2, 0.25) is 0 Å². The van der Waals surface area contributed by atoms with Gasteiger partial charge >= 0.3 is 12.1 Å². The monoisotopic (exact) mass is 493 g/mol. The summed E-state index contributed by atoms with van der Waals surface area (Å²) in [5.74, 6) is -1.36. The van der Waals surface area contributed by atoms with Gasteiger partial charge in [-0.15, -0.1) is 0 Å². The van der Waals surface area contributed by atoms with E-state index < -0.39 is 36.7 Å². The number of carbonyl (C=O) groups excluding carboxylic acids is 4. The van der Waals surface area contributed by atoms with Crippen LogP contribution in [0.5, 0.6) is 0 Å². The SMILES string of the molecule is CC(=O)NC[C@H]1CN(c2ccc(C3=C[C@@H](C(=O)OCc4ccccc4)N(C(=O)CO)C3)cc2)C(=O)O1. The van der Waals surface area contributed by atoms with Crippen molar-refractivity contribution in [2.24, 2.45) is 0 Å². The number of nitrogens with zero attached hydrogens (tertiary/aromatic N) is 2. The second-order valence-corrected chi connectivity index (χ2v) is 8.51. The Hall–Kier alpha value is -4.18. The van der Waals surface area contributed by atoms with Crippen LogP contribution in [0.25, 0.3) is 5.57 Å². The van der Waals surface area contributed by atoms with Gasteiger partial charge in [-0.3, -0.25) is 14.5 Å². The van der Waals surface area contributed by atoms with Crippen molar-refractivity contribution in [1.29, 1.82) is 0 Å². The fourth-order valence-corrected chi connectivity index (χ4v) is 4.10. The number of ether oxygens (including phenoxy) is 2. The van der Waals surface area contributed by atoms with Gasteiger partial charge in [0.2, 0.25) is 11.8 Å². The molecule has 0 bridgehead atoms. The number of aliphatic hydroxyl groups is 1. The molecule has 3 amide bonds. The number of hydrogen-bond donors (Lipinski definition) is 2. The van der Waals surface area contributed by atoms with Crippen LogP contribution in [0.1, 0.15) is 18.1 Å². The van der Waals surface area contributed by atoms with Crippen LogP contribution < -0.4 is 10.2 Å². The zero-order valence-corrected chi connectivity index (χ0v) is 19.8. The third-order valence-electron chi connectivity index (χ3n) is 5.96. The summed E-state index contributed by atoms with van der Waals surface area (Å²) in [6.07, 6.45) is 0.710. The first-order chi connectivity index (χ1) is 17.4. The fourth-order valence-electron chi connectivity index (χ4n) is 4.10. The van der Waals surface area contributed by atoms with E-state index in [2.05, 4.69) is 5.32 Å². The van der Waals surface area contributed by atoms with E-state index in [1.165, 1.54) is 16.7 Å². The summed E-state index contributed by atoms with van der Waals surface area (Å²) < 4.78 is 10.7. The van der Waals surface area contributed by atoms with Crippen molar-refractivity contribution in [3.8, 4) is 0 Å². The highest BCUT2D eigenvalue weighted by molar-refractivity contribution is 5.93. The number of esters is 1. The third kappa shape index (κ3) is 5.72. The average molecular weight is 494 g/mol. The van der Waals surface area contributed by atoms with Gasteiger partial charge in [-0.05, 0) is 34.9 Å². The predicted octanol–water partition coefficient (Wildman–Crippen LogP) is 1.48. The normalized spacial score (nSPS) is 19.1. The molecule has 0 saturated carbocycles. The molecule has 2 atom stereocenters. The molecule has 36 heavy (non-hydrogen) atoms. The van der Waals surface area contributed by atoms with E-state index in [1.807, 2.05) is 30.3 Å². The largest absolute Gasteiger partial charge is 0.459 e. The first kappa shape index (κ1) is 24.9. The van der Waals surface area contributed by atoms with Crippen molar-refractivity contribution in [2.45, 2.75) is 25.7 Å². The molecule has 188 valence electrons. The number of aliphatic hydroxyl groups excluding tert-OH is 1. The Morgan fingerprint density at radius 3 is 2.50 bits per heavy atom. The standard InChI is InChI=1S/C26H27N3O7/c1-17(31)27-12-22-14-28(26(34)36-22)21-9-7-19(8-10-21)20-11-23(29(13-20)24(32)15-30)25(33)35-16-18-5-3-2-4-6-18/h2-11,22-23,30H,12-16H2,1H3,(H,27,31)/t22-,23-/m0/s1. The molecule has 2 heterocycles. The lowest BCUT2D eigenvalue weighted by Crippen LogP contribution is -2.43. The number of rotatable bonds is 8. The summed E-state index contributed by atoms with van der Waals surface area (Å²) in [6.45, 7) is 1.42. The van der Waals surface area contributed by atoms with Crippen molar-refractivity contribution in [1.82, 2.24) is 10.2 Å². The number of nitrogens with one attached hydrogen (secondary N) is 1. The molecule has 4 rings (SSSR count). The molecule has 0 aromatic heterocycles. The van der Waals surface area contributed by atoms with Crippen LogP contribution in [0.15, 0.2) is 60.7 Å². The van der Waals surface area contributed by atoms with E-state index in [-0.39, 0.29) is 25.6 Å². The average Bonchev–Trinajstić information content (AvgIpc) is 3.50. The molecule has 0 unspecified atom stereocenters. The molecule has 1 saturated heterocycles. The van der Waals surface area contributed by atoms with Gasteiger partial charge < -0.3 is 24.8 Å². The molecule has 0 spiro atoms. The Kier molecular flexibility index (Phi) is 7.65. The Morgan fingerprint density at radius 1 is 1.11 bits per heavy atom. The lowest BCUT2D eigenvalue weighted by Gasteiger charge is -2.22. The Bertz CT molecular complexity index is 1160. The lowest BCUT2D eigenvalue weighted by atomic mass is 10.1. The highest BCUT2D eigenvalue weighted by Crippen LogP contribution is 2.29. The zero-order chi connectivity index (χ0) is 25.7. The fraction of sp³-hybridized carbons (Fsp3) is 0.308. The molecule has 2 aromatic rings. The van der Waals surface area contributed by atoms with Gasteiger partial charge in [0.25, 0.3) is 0 Å². The van der Waals surface area contributed by atoms with Gasteiger partial charge in [0, 0.05) is 19.2 Å². The minimum atomic E-state index is -0.953. The number of hydrogen-bond acceptors (Lipinski definition) is 7. The second kappa shape index (κ2) is 11.0. The molecule has 2 aliphatic rings. The summed E-state index contributed by atoms with van der Waals surface area (Å²) in [7, 11) is 0. The second-order valence-electron chi connectivity index (χ2n) is 8.51. The van der Waals surface area contributed by atoms with Gasteiger partial charge in [0.1, 0.15) is 25.4 Å². The molecular weight excluding hydrogens is 466 g/mol. The number of cyclic esters (lactones) is 1. The van der Waals surface area contributed by atoms with Crippen LogP contribution in [0.3, 0.4) is 0 Å². The maximum absolute atomic E-state index is 12.8. The third-order valence-corrected chi connectivity index (χ3v) is 5.96. The number of anilines is 1. The summed E-state index contributed by atoms with van der Waals surface area (Å²) in [5.41, 5.74) is 2.92. The van der Waals surface area contributed by atoms with Crippen LogP contribution in [-0.4, -0.2) is 72.3 Å². The Labute approximate surface area is 208 Å². The number of benzene rings is 2. The molecule has 10 heteroatoms. The van der Waals surface area contributed by atoms with Crippen LogP contribution >= 0.6 is 0 Å². The van der Waals surface area contributed by atoms with Crippen LogP contribution in [0.4, 0.5) is 10.5 Å². The Morgan fingerprint density at radius 2 is 1.83 bits per heavy atom. The minimum Gasteiger partial charge on any atom is -0.459 e. The maximum atomic E-state index is 12.8. The Balaban J connectivity index is 1.45. The molecule has 0 radical (unpaired) electrons. The van der Waals surface area contributed by atoms with Crippen molar-refractivity contribution >= 4 is 35.1 Å². The summed E-state index contributed by atoms with van der Waals surface area (Å²) in [6, 6.07) is 15.3. The molecular formula is C26H27N3O7. The highest BCUT2D eigenvalue weighted by atomic mass is 16.6. The molecule has 2 aromatic carbocycles. The van der Waals surface area contributed by atoms with E-state index in [9.17, 15) is 24.3 Å². The van der Waals surface area contributed by atoms with Gasteiger partial charge in [-0.2, -0.15) is 0 Å². The minimum absolute atomic E-state index is 0.0735. The summed E-state index contributed by atoms with van der Waals surface area (Å²) in [4.78, 5) is 51.2. The van der Waals surface area contributed by atoms with E-state index in [0.717, 1.165) is 16.7 Å². The number of amides is 3. The quantitative estimate of drug-likeness (QED) is 0.534. The first-order valence-corrected chi connectivity index (χ1v) is 11.5. The maximum Gasteiger partial charge on any atom is 0.414 e. The van der Waals surface area contributed by atoms with Crippen molar-refractivity contribution in [2.75, 3.05) is 31.1 Å². The summed E-state index contributed by atoms with van der Waals surface area (Å²) in [5, 5.41) is 12.0. The smallest absolute Gasteiger partial charge is 0.414 e. The molecule has 0 aliphatic carbocycles. The molecule has 1 fully saturated rings. The summed E-state index contributed by atoms with van der Waals surface area (Å²) >= 11 is 0. The zero-order valence-electron chi connectivity index (χ0n) is 19.8. The van der Waals surface area contributed by atoms with Crippen molar-refractivity contribution in [3.63, 3.8) is 0 Å². The predicted molar refractivity (Wildman–Crippen MR) is 130 cm³/mol. The van der Waals surface area contributed by atoms with E-state index in [1.54, 1.807) is 30.3 Å². The molecule has 2 N–H and O–H groups in total. The van der Waals surface area contributed by atoms with E-state index in [0.29, 0.717) is 12.2 Å². The van der Waals surface area contributed by atoms with Gasteiger partial charge in [0.05, 0.1) is 13.1 Å². The topological polar surface area (TPSA) is 125 Å². The van der Waals surface area contributed by atoms with Crippen LogP contribution in [0, 0.1) is 0 Å². The van der Waals surface area contributed by atoms with Gasteiger partial charge in [-0.25, -0.2) is 9.59 Å². The first-order valence-electron chi connectivity index (χ1n) is 11.5. The van der Waals surface area contributed by atoms with Crippen molar-refractivity contribution in [3.05, 3.63) is 71.8 Å². The lowest BCUT2D eigenvalue weighted by molar-refractivity contribution is -0.153. The van der Waals surface area contributed by atoms with Gasteiger partial charge in [0.15, 0.2) is 0 Å². The van der Waals surface area contributed by atoms with E-state index >= 15 is 0 Å². The number of carbonyl (C=O) groups is 4. The van der Waals surface area contributed by atoms with Crippen molar-refractivity contribution < 1.29 is 33.8 Å².